The summed E-state index contributed by atoms with van der Waals surface area (Å²) in [5.74, 6) is 5.69. The Labute approximate surface area is 106 Å². The number of hydrazine groups is 1. The largest absolute Gasteiger partial charge is 0.271 e. The molecule has 0 saturated heterocycles. The Morgan fingerprint density at radius 3 is 2.53 bits per heavy atom. The van der Waals surface area contributed by atoms with Gasteiger partial charge >= 0.3 is 0 Å². The first-order chi connectivity index (χ1) is 8.22. The van der Waals surface area contributed by atoms with Crippen molar-refractivity contribution in [2.75, 3.05) is 0 Å². The Bertz CT molecular complexity index is 490. The van der Waals surface area contributed by atoms with Gasteiger partial charge in [-0.05, 0) is 53.3 Å². The molecule has 0 amide bonds. The fraction of sp³-hybridized carbons (Fsp3) is 0.286. The maximum absolute atomic E-state index is 5.69. The van der Waals surface area contributed by atoms with Crippen LogP contribution in [-0.4, -0.2) is 0 Å². The Morgan fingerprint density at radius 1 is 1.18 bits per heavy atom. The Kier molecular flexibility index (Phi) is 3.94. The standard InChI is InChI=1S/C14H18N2S/c1-10-5-3-4-6-12(10)7-14(16-15)13-9-17-8-11(13)2/h3-6,8-9,14,16H,7,15H2,1-2H3. The normalized spacial score (nSPS) is 12.6. The van der Waals surface area contributed by atoms with Gasteiger partial charge in [-0.1, -0.05) is 24.3 Å². The summed E-state index contributed by atoms with van der Waals surface area (Å²) in [4.78, 5) is 0. The van der Waals surface area contributed by atoms with Crippen molar-refractivity contribution in [2.45, 2.75) is 26.3 Å². The lowest BCUT2D eigenvalue weighted by Crippen LogP contribution is -2.29. The minimum Gasteiger partial charge on any atom is -0.271 e. The van der Waals surface area contributed by atoms with Crippen LogP contribution in [0.25, 0.3) is 0 Å². The Balaban J connectivity index is 2.22. The van der Waals surface area contributed by atoms with E-state index in [4.69, 9.17) is 5.84 Å². The number of nitrogens with one attached hydrogen (secondary N) is 1. The smallest absolute Gasteiger partial charge is 0.0511 e. The van der Waals surface area contributed by atoms with Gasteiger partial charge in [0.2, 0.25) is 0 Å². The van der Waals surface area contributed by atoms with Gasteiger partial charge in [0.25, 0.3) is 0 Å². The van der Waals surface area contributed by atoms with Crippen LogP contribution in [-0.2, 0) is 6.42 Å². The molecule has 1 unspecified atom stereocenters. The van der Waals surface area contributed by atoms with Gasteiger partial charge in [-0.25, -0.2) is 0 Å². The lowest BCUT2D eigenvalue weighted by Gasteiger charge is -2.17. The molecule has 3 heteroatoms. The number of aryl methyl sites for hydroxylation is 2. The number of thiophene rings is 1. The molecule has 90 valence electrons. The van der Waals surface area contributed by atoms with E-state index >= 15 is 0 Å². The second-order valence-corrected chi connectivity index (χ2v) is 5.10. The van der Waals surface area contributed by atoms with Crippen molar-refractivity contribution in [3.05, 3.63) is 57.3 Å². The number of nitrogens with two attached hydrogens (primary N) is 1. The van der Waals surface area contributed by atoms with Gasteiger partial charge in [0.1, 0.15) is 0 Å². The number of hydrogen-bond acceptors (Lipinski definition) is 3. The highest BCUT2D eigenvalue weighted by molar-refractivity contribution is 7.08. The van der Waals surface area contributed by atoms with Crippen LogP contribution in [0.4, 0.5) is 0 Å². The first-order valence-corrected chi connectivity index (χ1v) is 6.70. The number of benzene rings is 1. The highest BCUT2D eigenvalue weighted by atomic mass is 32.1. The van der Waals surface area contributed by atoms with E-state index in [-0.39, 0.29) is 6.04 Å². The van der Waals surface area contributed by atoms with Crippen LogP contribution >= 0.6 is 11.3 Å². The van der Waals surface area contributed by atoms with Gasteiger partial charge in [-0.3, -0.25) is 11.3 Å². The molecule has 1 aromatic carbocycles. The van der Waals surface area contributed by atoms with Crippen molar-refractivity contribution in [3.63, 3.8) is 0 Å². The van der Waals surface area contributed by atoms with Crippen LogP contribution in [0.5, 0.6) is 0 Å². The van der Waals surface area contributed by atoms with E-state index in [2.05, 4.69) is 54.3 Å². The zero-order valence-corrected chi connectivity index (χ0v) is 11.1. The van der Waals surface area contributed by atoms with Gasteiger partial charge in [-0.15, -0.1) is 0 Å². The molecule has 3 N–H and O–H groups in total. The van der Waals surface area contributed by atoms with Crippen LogP contribution in [0.1, 0.15) is 28.3 Å². The van der Waals surface area contributed by atoms with Gasteiger partial charge in [-0.2, -0.15) is 11.3 Å². The molecule has 1 aromatic heterocycles. The fourth-order valence-electron chi connectivity index (χ4n) is 2.05. The van der Waals surface area contributed by atoms with Crippen LogP contribution in [0.15, 0.2) is 35.0 Å². The summed E-state index contributed by atoms with van der Waals surface area (Å²) < 4.78 is 0. The second kappa shape index (κ2) is 5.45. The molecule has 2 nitrogen and oxygen atoms in total. The van der Waals surface area contributed by atoms with Crippen molar-refractivity contribution in [3.8, 4) is 0 Å². The Morgan fingerprint density at radius 2 is 1.94 bits per heavy atom. The molecular weight excluding hydrogens is 228 g/mol. The van der Waals surface area contributed by atoms with E-state index in [9.17, 15) is 0 Å². The molecule has 0 spiro atoms. The van der Waals surface area contributed by atoms with E-state index in [0.29, 0.717) is 0 Å². The summed E-state index contributed by atoms with van der Waals surface area (Å²) >= 11 is 1.73. The summed E-state index contributed by atoms with van der Waals surface area (Å²) in [6, 6.07) is 8.66. The molecular formula is C14H18N2S. The zero-order valence-electron chi connectivity index (χ0n) is 10.2. The van der Waals surface area contributed by atoms with Crippen molar-refractivity contribution in [1.82, 2.24) is 5.43 Å². The SMILES string of the molecule is Cc1ccccc1CC(NN)c1cscc1C. The van der Waals surface area contributed by atoms with Gasteiger partial charge < -0.3 is 0 Å². The third-order valence-corrected chi connectivity index (χ3v) is 4.04. The van der Waals surface area contributed by atoms with Crippen molar-refractivity contribution >= 4 is 11.3 Å². The maximum atomic E-state index is 5.69. The van der Waals surface area contributed by atoms with Gasteiger partial charge in [0.05, 0.1) is 6.04 Å². The summed E-state index contributed by atoms with van der Waals surface area (Å²) in [5.41, 5.74) is 8.21. The summed E-state index contributed by atoms with van der Waals surface area (Å²) in [5, 5.41) is 4.34. The average Bonchev–Trinajstić information content (AvgIpc) is 2.75. The summed E-state index contributed by atoms with van der Waals surface area (Å²) in [7, 11) is 0. The number of hydrogen-bond donors (Lipinski definition) is 2. The monoisotopic (exact) mass is 246 g/mol. The molecule has 0 bridgehead atoms. The molecule has 0 fully saturated rings. The quantitative estimate of drug-likeness (QED) is 0.642. The molecule has 17 heavy (non-hydrogen) atoms. The topological polar surface area (TPSA) is 38.0 Å². The van der Waals surface area contributed by atoms with Crippen molar-refractivity contribution in [1.29, 1.82) is 0 Å². The molecule has 0 radical (unpaired) electrons. The van der Waals surface area contributed by atoms with E-state index in [1.807, 2.05) is 0 Å². The first-order valence-electron chi connectivity index (χ1n) is 5.75. The molecule has 2 aromatic rings. The van der Waals surface area contributed by atoms with Crippen molar-refractivity contribution < 1.29 is 0 Å². The lowest BCUT2D eigenvalue weighted by molar-refractivity contribution is 0.550. The van der Waals surface area contributed by atoms with Gasteiger partial charge in [0, 0.05) is 0 Å². The third kappa shape index (κ3) is 2.75. The average molecular weight is 246 g/mol. The minimum absolute atomic E-state index is 0.197. The van der Waals surface area contributed by atoms with Crippen LogP contribution < -0.4 is 11.3 Å². The molecule has 2 rings (SSSR count). The molecule has 0 aliphatic heterocycles. The number of rotatable bonds is 4. The molecule has 0 aliphatic carbocycles. The summed E-state index contributed by atoms with van der Waals surface area (Å²) in [6.45, 7) is 4.28. The Hall–Kier alpha value is -1.16. The van der Waals surface area contributed by atoms with E-state index in [1.54, 1.807) is 11.3 Å². The zero-order chi connectivity index (χ0) is 12.3. The minimum atomic E-state index is 0.197. The van der Waals surface area contributed by atoms with E-state index in [1.165, 1.54) is 22.3 Å². The second-order valence-electron chi connectivity index (χ2n) is 4.36. The lowest BCUT2D eigenvalue weighted by atomic mass is 9.96. The molecule has 0 aliphatic rings. The highest BCUT2D eigenvalue weighted by Crippen LogP contribution is 2.25. The summed E-state index contributed by atoms with van der Waals surface area (Å²) in [6.07, 6.45) is 0.931. The highest BCUT2D eigenvalue weighted by Gasteiger charge is 2.14. The maximum Gasteiger partial charge on any atom is 0.0511 e. The fourth-order valence-corrected chi connectivity index (χ4v) is 2.95. The molecule has 1 heterocycles. The van der Waals surface area contributed by atoms with E-state index < -0.39 is 0 Å². The third-order valence-electron chi connectivity index (χ3n) is 3.16. The predicted molar refractivity (Wildman–Crippen MR) is 74.0 cm³/mol. The van der Waals surface area contributed by atoms with Crippen molar-refractivity contribution in [2.24, 2.45) is 5.84 Å². The molecule has 1 atom stereocenters. The van der Waals surface area contributed by atoms with Crippen LogP contribution in [0.2, 0.25) is 0 Å². The molecule has 0 saturated carbocycles. The van der Waals surface area contributed by atoms with Crippen LogP contribution in [0, 0.1) is 13.8 Å². The van der Waals surface area contributed by atoms with E-state index in [0.717, 1.165) is 6.42 Å². The predicted octanol–water partition coefficient (Wildman–Crippen LogP) is 3.11. The van der Waals surface area contributed by atoms with Crippen LogP contribution in [0.3, 0.4) is 0 Å². The first kappa shape index (κ1) is 12.3. The van der Waals surface area contributed by atoms with Gasteiger partial charge in [0.15, 0.2) is 0 Å².